The van der Waals surface area contributed by atoms with Crippen LogP contribution in [0.3, 0.4) is 0 Å². The van der Waals surface area contributed by atoms with Crippen molar-refractivity contribution in [2.24, 2.45) is 0 Å². The summed E-state index contributed by atoms with van der Waals surface area (Å²) in [6.07, 6.45) is -3.13. The lowest BCUT2D eigenvalue weighted by molar-refractivity contribution is -0.192. The molecule has 0 saturated carbocycles. The maximum atomic E-state index is 10.6. The molecule has 3 aromatic heterocycles. The summed E-state index contributed by atoms with van der Waals surface area (Å²) in [5.74, 6) is -2.76. The number of carbonyl (C=O) groups is 1. The summed E-state index contributed by atoms with van der Waals surface area (Å²) in [6.45, 7) is 4.93. The molecule has 11 heteroatoms. The highest BCUT2D eigenvalue weighted by molar-refractivity contribution is 7.09. The summed E-state index contributed by atoms with van der Waals surface area (Å²) in [5.41, 5.74) is 6.99. The number of rotatable bonds is 4. The molecule has 0 spiro atoms. The Bertz CT molecular complexity index is 1250. The maximum absolute atomic E-state index is 10.6. The number of aliphatic carboxylic acids is 1. The van der Waals surface area contributed by atoms with Gasteiger partial charge in [0.15, 0.2) is 5.58 Å². The van der Waals surface area contributed by atoms with Gasteiger partial charge in [0.2, 0.25) is 0 Å². The highest BCUT2D eigenvalue weighted by Gasteiger charge is 2.38. The first-order chi connectivity index (χ1) is 15.7. The van der Waals surface area contributed by atoms with Crippen molar-refractivity contribution in [3.8, 4) is 0 Å². The summed E-state index contributed by atoms with van der Waals surface area (Å²) < 4.78 is 37.1. The molecule has 33 heavy (non-hydrogen) atoms. The van der Waals surface area contributed by atoms with Gasteiger partial charge in [-0.2, -0.15) is 18.3 Å². The van der Waals surface area contributed by atoms with Crippen LogP contribution in [-0.2, 0) is 30.7 Å². The number of halogens is 3. The summed E-state index contributed by atoms with van der Waals surface area (Å²) >= 11 is 1.80. The standard InChI is InChI=1S/C20H20N4OS.C2HF3O2/c1-13-16-9-14(4-5-20(16)25-23-13)11-24-7-6-18-17(12-24)19(22-21-18)10-15-3-2-8-26-15;3-2(4,5)1(6)7/h2-5,8-9H,6-7,10-12H2,1H3,(H,21,22);(H,6,7). The molecule has 0 bridgehead atoms. The van der Waals surface area contributed by atoms with Crippen molar-refractivity contribution >= 4 is 28.3 Å². The first-order valence-electron chi connectivity index (χ1n) is 10.2. The second-order valence-corrected chi connectivity index (χ2v) is 8.78. The van der Waals surface area contributed by atoms with Gasteiger partial charge in [-0.15, -0.1) is 11.3 Å². The van der Waals surface area contributed by atoms with Crippen molar-refractivity contribution < 1.29 is 27.6 Å². The molecule has 1 aliphatic rings. The van der Waals surface area contributed by atoms with Gasteiger partial charge in [0.1, 0.15) is 0 Å². The van der Waals surface area contributed by atoms with Crippen molar-refractivity contribution in [1.82, 2.24) is 20.3 Å². The van der Waals surface area contributed by atoms with Gasteiger partial charge in [-0.1, -0.05) is 17.3 Å². The maximum Gasteiger partial charge on any atom is 0.490 e. The third kappa shape index (κ3) is 5.42. The Morgan fingerprint density at radius 2 is 2.12 bits per heavy atom. The zero-order valence-electron chi connectivity index (χ0n) is 17.6. The molecule has 0 amide bonds. The minimum atomic E-state index is -5.08. The molecule has 0 aliphatic carbocycles. The van der Waals surface area contributed by atoms with Gasteiger partial charge in [0, 0.05) is 54.0 Å². The van der Waals surface area contributed by atoms with Crippen molar-refractivity contribution in [3.05, 3.63) is 68.8 Å². The van der Waals surface area contributed by atoms with Gasteiger partial charge in [-0.25, -0.2) is 4.79 Å². The van der Waals surface area contributed by atoms with Gasteiger partial charge >= 0.3 is 12.1 Å². The quantitative estimate of drug-likeness (QED) is 0.441. The highest BCUT2D eigenvalue weighted by atomic mass is 32.1. The van der Waals surface area contributed by atoms with Crippen molar-refractivity contribution in [1.29, 1.82) is 0 Å². The van der Waals surface area contributed by atoms with Crippen LogP contribution in [0.15, 0.2) is 40.2 Å². The molecule has 4 heterocycles. The van der Waals surface area contributed by atoms with E-state index in [1.165, 1.54) is 27.4 Å². The number of hydrogen-bond donors (Lipinski definition) is 2. The summed E-state index contributed by atoms with van der Waals surface area (Å²) in [5, 5.41) is 22.3. The molecule has 1 aliphatic heterocycles. The van der Waals surface area contributed by atoms with E-state index in [1.807, 2.05) is 13.0 Å². The number of carboxylic acids is 1. The molecule has 0 fully saturated rings. The molecular weight excluding hydrogens is 457 g/mol. The lowest BCUT2D eigenvalue weighted by atomic mass is 10.0. The molecule has 0 saturated heterocycles. The Labute approximate surface area is 190 Å². The molecule has 1 aromatic carbocycles. The Hall–Kier alpha value is -3.18. The lowest BCUT2D eigenvalue weighted by Crippen LogP contribution is -2.30. The number of H-pyrrole nitrogens is 1. The fourth-order valence-electron chi connectivity index (χ4n) is 3.73. The molecule has 0 atom stereocenters. The molecule has 7 nitrogen and oxygen atoms in total. The molecule has 174 valence electrons. The van der Waals surface area contributed by atoms with Crippen LogP contribution >= 0.6 is 11.3 Å². The summed E-state index contributed by atoms with van der Waals surface area (Å²) in [6, 6.07) is 10.7. The third-order valence-corrected chi connectivity index (χ3v) is 6.26. The Kier molecular flexibility index (Phi) is 6.52. The average molecular weight is 478 g/mol. The van der Waals surface area contributed by atoms with Crippen LogP contribution in [0.25, 0.3) is 11.0 Å². The van der Waals surface area contributed by atoms with Gasteiger partial charge in [-0.3, -0.25) is 10.00 Å². The number of aromatic nitrogens is 3. The van der Waals surface area contributed by atoms with Crippen LogP contribution < -0.4 is 0 Å². The number of hydrogen-bond acceptors (Lipinski definition) is 6. The average Bonchev–Trinajstić information content (AvgIpc) is 3.50. The Morgan fingerprint density at radius 3 is 2.82 bits per heavy atom. The van der Waals surface area contributed by atoms with Crippen LogP contribution in [0, 0.1) is 6.92 Å². The number of aryl methyl sites for hydroxylation is 1. The Morgan fingerprint density at radius 1 is 1.33 bits per heavy atom. The second-order valence-electron chi connectivity index (χ2n) is 7.75. The van der Waals surface area contributed by atoms with Crippen LogP contribution in [0.2, 0.25) is 0 Å². The first kappa shape index (κ1) is 23.0. The fourth-order valence-corrected chi connectivity index (χ4v) is 4.44. The van der Waals surface area contributed by atoms with E-state index < -0.39 is 12.1 Å². The van der Waals surface area contributed by atoms with Crippen LogP contribution in [0.4, 0.5) is 13.2 Å². The van der Waals surface area contributed by atoms with Crippen molar-refractivity contribution in [2.45, 2.75) is 39.0 Å². The minimum absolute atomic E-state index is 0.861. The number of benzene rings is 1. The summed E-state index contributed by atoms with van der Waals surface area (Å²) in [4.78, 5) is 12.8. The molecule has 5 rings (SSSR count). The third-order valence-electron chi connectivity index (χ3n) is 5.38. The molecule has 4 aromatic rings. The van der Waals surface area contributed by atoms with E-state index in [1.54, 1.807) is 11.3 Å². The Balaban J connectivity index is 0.000000325. The zero-order valence-corrected chi connectivity index (χ0v) is 18.5. The number of thiophene rings is 1. The van der Waals surface area contributed by atoms with E-state index >= 15 is 0 Å². The molecule has 0 radical (unpaired) electrons. The predicted octanol–water partition coefficient (Wildman–Crippen LogP) is 4.70. The van der Waals surface area contributed by atoms with Crippen LogP contribution in [-0.4, -0.2) is 44.1 Å². The fraction of sp³-hybridized carbons (Fsp3) is 0.318. The van der Waals surface area contributed by atoms with Gasteiger partial charge in [0.05, 0.1) is 11.4 Å². The van der Waals surface area contributed by atoms with Crippen molar-refractivity contribution in [3.63, 3.8) is 0 Å². The molecule has 2 N–H and O–H groups in total. The van der Waals surface area contributed by atoms with Crippen molar-refractivity contribution in [2.75, 3.05) is 6.54 Å². The van der Waals surface area contributed by atoms with Crippen LogP contribution in [0.1, 0.15) is 33.1 Å². The number of carboxylic acid groups (broad SMARTS) is 1. The highest BCUT2D eigenvalue weighted by Crippen LogP contribution is 2.26. The second kappa shape index (κ2) is 9.36. The molecule has 0 unspecified atom stereocenters. The smallest absolute Gasteiger partial charge is 0.475 e. The number of alkyl halides is 3. The topological polar surface area (TPSA) is 95.3 Å². The van der Waals surface area contributed by atoms with E-state index in [2.05, 4.69) is 49.9 Å². The van der Waals surface area contributed by atoms with E-state index in [9.17, 15) is 13.2 Å². The van der Waals surface area contributed by atoms with Gasteiger partial charge < -0.3 is 9.63 Å². The van der Waals surface area contributed by atoms with E-state index in [4.69, 9.17) is 14.4 Å². The number of nitrogens with zero attached hydrogens (tertiary/aromatic N) is 3. The lowest BCUT2D eigenvalue weighted by Gasteiger charge is -2.27. The predicted molar refractivity (Wildman–Crippen MR) is 116 cm³/mol. The van der Waals surface area contributed by atoms with Crippen LogP contribution in [0.5, 0.6) is 0 Å². The normalized spacial score (nSPS) is 14.1. The van der Waals surface area contributed by atoms with E-state index in [0.717, 1.165) is 49.1 Å². The van der Waals surface area contributed by atoms with E-state index in [-0.39, 0.29) is 0 Å². The SMILES string of the molecule is Cc1noc2ccc(CN3CCc4[nH]nc(Cc5cccs5)c4C3)cc12.O=C(O)C(F)(F)F. The summed E-state index contributed by atoms with van der Waals surface area (Å²) in [7, 11) is 0. The van der Waals surface area contributed by atoms with Gasteiger partial charge in [0.25, 0.3) is 0 Å². The number of fused-ring (bicyclic) bond motifs is 2. The monoisotopic (exact) mass is 478 g/mol. The van der Waals surface area contributed by atoms with E-state index in [0.29, 0.717) is 0 Å². The first-order valence-corrected chi connectivity index (χ1v) is 11.0. The largest absolute Gasteiger partial charge is 0.490 e. The number of nitrogens with one attached hydrogen (secondary N) is 1. The molecular formula is C22H21F3N4O3S. The minimum Gasteiger partial charge on any atom is -0.475 e. The zero-order chi connectivity index (χ0) is 23.6. The van der Waals surface area contributed by atoms with Gasteiger partial charge in [-0.05, 0) is 36.1 Å². The number of aromatic amines is 1.